The molecule has 0 saturated carbocycles. The van der Waals surface area contributed by atoms with Crippen LogP contribution in [-0.2, 0) is 21.2 Å². The molecule has 0 fully saturated rings. The molecule has 10 nitrogen and oxygen atoms in total. The number of aromatic amines is 1. The minimum absolute atomic E-state index is 0.0536. The van der Waals surface area contributed by atoms with Crippen molar-refractivity contribution in [3.05, 3.63) is 104 Å². The molecular weight excluding hydrogens is 574 g/mol. The van der Waals surface area contributed by atoms with Crippen LogP contribution in [0.5, 0.6) is 11.5 Å². The van der Waals surface area contributed by atoms with E-state index in [-0.39, 0.29) is 34.8 Å². The first-order chi connectivity index (χ1) is 18.6. The lowest BCUT2D eigenvalue weighted by molar-refractivity contribution is -0.133. The first kappa shape index (κ1) is 26.9. The molecule has 39 heavy (non-hydrogen) atoms. The molecule has 1 atom stereocenters. The third-order valence-corrected chi connectivity index (χ3v) is 8.39. The number of H-pyrrole nitrogens is 1. The second-order valence-corrected chi connectivity index (χ2v) is 11.3. The molecular formula is C25H19Cl2FN4O6S. The van der Waals surface area contributed by atoms with Gasteiger partial charge in [0.25, 0.3) is 11.5 Å². The Balaban J connectivity index is 1.49. The lowest BCUT2D eigenvalue weighted by Crippen LogP contribution is -2.48. The van der Waals surface area contributed by atoms with E-state index in [1.165, 1.54) is 66.1 Å². The molecule has 1 unspecified atom stereocenters. The fourth-order valence-corrected chi connectivity index (χ4v) is 6.45. The van der Waals surface area contributed by atoms with Crippen LogP contribution < -0.4 is 15.8 Å². The maximum Gasteiger partial charge on any atom is 0.276 e. The van der Waals surface area contributed by atoms with Crippen LogP contribution in [0.4, 0.5) is 4.39 Å². The number of ether oxygens (including phenoxy) is 1. The average molecular weight is 593 g/mol. The SMILES string of the molecule is O=C(NO)C1c2c([nH]n(-c3cccc(F)c3)c2=O)CCN1S(=O)(=O)c1ccc(Oc2cc(Cl)cc(Cl)c2)cc1. The summed E-state index contributed by atoms with van der Waals surface area (Å²) < 4.78 is 48.6. The van der Waals surface area contributed by atoms with Gasteiger partial charge in [-0.3, -0.25) is 19.9 Å². The summed E-state index contributed by atoms with van der Waals surface area (Å²) in [6.45, 7) is -0.185. The van der Waals surface area contributed by atoms with Crippen molar-refractivity contribution in [3.63, 3.8) is 0 Å². The third-order valence-electron chi connectivity index (χ3n) is 6.08. The van der Waals surface area contributed by atoms with Gasteiger partial charge in [0.2, 0.25) is 10.0 Å². The molecule has 0 spiro atoms. The largest absolute Gasteiger partial charge is 0.457 e. The Morgan fingerprint density at radius 2 is 1.74 bits per heavy atom. The molecule has 0 radical (unpaired) electrons. The van der Waals surface area contributed by atoms with Crippen LogP contribution in [0, 0.1) is 5.82 Å². The molecule has 1 aliphatic heterocycles. The number of sulfonamides is 1. The van der Waals surface area contributed by atoms with E-state index in [4.69, 9.17) is 27.9 Å². The van der Waals surface area contributed by atoms with E-state index < -0.39 is 33.3 Å². The predicted octanol–water partition coefficient (Wildman–Crippen LogP) is 4.20. The minimum atomic E-state index is -4.35. The number of aromatic nitrogens is 2. The second-order valence-electron chi connectivity index (χ2n) is 8.55. The van der Waals surface area contributed by atoms with E-state index in [9.17, 15) is 27.6 Å². The van der Waals surface area contributed by atoms with E-state index in [1.807, 2.05) is 0 Å². The normalized spacial score (nSPS) is 15.5. The van der Waals surface area contributed by atoms with Crippen molar-refractivity contribution in [1.29, 1.82) is 0 Å². The summed E-state index contributed by atoms with van der Waals surface area (Å²) in [4.78, 5) is 25.9. The van der Waals surface area contributed by atoms with E-state index in [0.717, 1.165) is 15.1 Å². The molecule has 202 valence electrons. The number of hydrogen-bond donors (Lipinski definition) is 3. The summed E-state index contributed by atoms with van der Waals surface area (Å²) >= 11 is 12.0. The smallest absolute Gasteiger partial charge is 0.276 e. The Morgan fingerprint density at radius 3 is 2.38 bits per heavy atom. The first-order valence-corrected chi connectivity index (χ1v) is 13.6. The Bertz CT molecular complexity index is 1720. The standard InChI is InChI=1S/C25H19Cl2FN4O6S/c26-14-10-15(27)12-19(11-14)38-18-4-6-20(7-5-18)39(36,37)31-9-8-21-22(23(31)24(33)30-35)25(34)32(29-21)17-3-1-2-16(28)13-17/h1-7,10-13,23,29,35H,8-9H2,(H,30,33). The molecule has 1 aliphatic rings. The first-order valence-electron chi connectivity index (χ1n) is 11.4. The number of carbonyl (C=O) groups excluding carboxylic acids is 1. The van der Waals surface area contributed by atoms with Gasteiger partial charge in [0.05, 0.1) is 16.1 Å². The highest BCUT2D eigenvalue weighted by atomic mass is 35.5. The molecule has 4 aromatic rings. The molecule has 0 aliphatic carbocycles. The summed E-state index contributed by atoms with van der Waals surface area (Å²) in [7, 11) is -4.35. The highest BCUT2D eigenvalue weighted by Crippen LogP contribution is 2.34. The average Bonchev–Trinajstić information content (AvgIpc) is 3.24. The molecule has 0 saturated heterocycles. The van der Waals surface area contributed by atoms with Crippen LogP contribution >= 0.6 is 23.2 Å². The van der Waals surface area contributed by atoms with Crippen molar-refractivity contribution in [1.82, 2.24) is 19.6 Å². The maximum atomic E-state index is 13.8. The topological polar surface area (TPSA) is 134 Å². The fourth-order valence-electron chi connectivity index (χ4n) is 4.38. The zero-order valence-electron chi connectivity index (χ0n) is 19.8. The zero-order valence-corrected chi connectivity index (χ0v) is 22.1. The number of nitrogens with zero attached hydrogens (tertiary/aromatic N) is 2. The van der Waals surface area contributed by atoms with Gasteiger partial charge in [-0.05, 0) is 60.7 Å². The van der Waals surface area contributed by atoms with Crippen molar-refractivity contribution in [2.45, 2.75) is 17.4 Å². The number of nitrogens with one attached hydrogen (secondary N) is 2. The van der Waals surface area contributed by atoms with Gasteiger partial charge in [0.15, 0.2) is 0 Å². The quantitative estimate of drug-likeness (QED) is 0.227. The number of rotatable bonds is 6. The van der Waals surface area contributed by atoms with E-state index in [1.54, 1.807) is 0 Å². The molecule has 1 aromatic heterocycles. The molecule has 3 aromatic carbocycles. The van der Waals surface area contributed by atoms with Crippen molar-refractivity contribution in [2.24, 2.45) is 0 Å². The monoisotopic (exact) mass is 592 g/mol. The molecule has 5 rings (SSSR count). The molecule has 14 heteroatoms. The number of hydrogen-bond acceptors (Lipinski definition) is 6. The van der Waals surface area contributed by atoms with Gasteiger partial charge in [0.1, 0.15) is 23.4 Å². The van der Waals surface area contributed by atoms with E-state index >= 15 is 0 Å². The lowest BCUT2D eigenvalue weighted by atomic mass is 10.0. The van der Waals surface area contributed by atoms with Crippen molar-refractivity contribution < 1.29 is 27.5 Å². The Hall–Kier alpha value is -3.68. The Kier molecular flexibility index (Phi) is 7.23. The zero-order chi connectivity index (χ0) is 27.9. The van der Waals surface area contributed by atoms with Crippen LogP contribution in [0.3, 0.4) is 0 Å². The van der Waals surface area contributed by atoms with Crippen LogP contribution in [0.25, 0.3) is 5.69 Å². The predicted molar refractivity (Wildman–Crippen MR) is 140 cm³/mol. The number of benzene rings is 3. The van der Waals surface area contributed by atoms with Crippen LogP contribution in [-0.4, -0.2) is 40.2 Å². The van der Waals surface area contributed by atoms with Gasteiger partial charge in [0, 0.05) is 28.7 Å². The second kappa shape index (κ2) is 10.5. The number of fused-ring (bicyclic) bond motifs is 1. The minimum Gasteiger partial charge on any atom is -0.457 e. The van der Waals surface area contributed by atoms with Crippen LogP contribution in [0.1, 0.15) is 17.3 Å². The Labute approximate surface area is 231 Å². The summed E-state index contributed by atoms with van der Waals surface area (Å²) in [6, 6.07) is 13.5. The van der Waals surface area contributed by atoms with E-state index in [0.29, 0.717) is 21.5 Å². The van der Waals surface area contributed by atoms with Gasteiger partial charge < -0.3 is 4.74 Å². The third kappa shape index (κ3) is 5.16. The molecule has 0 bridgehead atoms. The van der Waals surface area contributed by atoms with Crippen molar-refractivity contribution in [3.8, 4) is 17.2 Å². The highest BCUT2D eigenvalue weighted by molar-refractivity contribution is 7.89. The van der Waals surface area contributed by atoms with Gasteiger partial charge in [-0.1, -0.05) is 29.3 Å². The number of hydroxylamine groups is 1. The van der Waals surface area contributed by atoms with Crippen LogP contribution in [0.2, 0.25) is 10.0 Å². The summed E-state index contributed by atoms with van der Waals surface area (Å²) in [5.74, 6) is -1.08. The van der Waals surface area contributed by atoms with Crippen molar-refractivity contribution in [2.75, 3.05) is 6.54 Å². The van der Waals surface area contributed by atoms with E-state index in [2.05, 4.69) is 5.10 Å². The number of carbonyl (C=O) groups is 1. The molecule has 2 heterocycles. The van der Waals surface area contributed by atoms with Gasteiger partial charge in [-0.25, -0.2) is 23.0 Å². The fraction of sp³-hybridized carbons (Fsp3) is 0.120. The lowest BCUT2D eigenvalue weighted by Gasteiger charge is -2.32. The van der Waals surface area contributed by atoms with Crippen LogP contribution in [0.15, 0.2) is 76.4 Å². The van der Waals surface area contributed by atoms with Crippen molar-refractivity contribution >= 4 is 39.1 Å². The van der Waals surface area contributed by atoms with Gasteiger partial charge in [-0.15, -0.1) is 0 Å². The van der Waals surface area contributed by atoms with Gasteiger partial charge >= 0.3 is 0 Å². The molecule has 1 amide bonds. The Morgan fingerprint density at radius 1 is 1.05 bits per heavy atom. The molecule has 3 N–H and O–H groups in total. The summed E-state index contributed by atoms with van der Waals surface area (Å²) in [5.41, 5.74) is 0.954. The highest BCUT2D eigenvalue weighted by Gasteiger charge is 2.43. The number of halogens is 3. The summed E-state index contributed by atoms with van der Waals surface area (Å²) in [5, 5.41) is 12.9. The van der Waals surface area contributed by atoms with Gasteiger partial charge in [-0.2, -0.15) is 4.31 Å². The number of amides is 1. The summed E-state index contributed by atoms with van der Waals surface area (Å²) in [6.07, 6.45) is 0.0536. The maximum absolute atomic E-state index is 13.8.